The fraction of sp³-hybridized carbons (Fsp3) is 0.909. The smallest absolute Gasteiger partial charge is 0.306 e. The zero-order chi connectivity index (χ0) is 11.1. The van der Waals surface area contributed by atoms with E-state index in [0.29, 0.717) is 24.9 Å². The van der Waals surface area contributed by atoms with Crippen molar-refractivity contribution in [2.75, 3.05) is 26.2 Å². The number of ether oxygens (including phenoxy) is 1. The molecule has 0 bridgehead atoms. The first-order chi connectivity index (χ1) is 7.26. The molecule has 0 aromatic heterocycles. The summed E-state index contributed by atoms with van der Waals surface area (Å²) < 4.78 is 4.95. The summed E-state index contributed by atoms with van der Waals surface area (Å²) >= 11 is 0. The highest BCUT2D eigenvalue weighted by Crippen LogP contribution is 2.21. The molecule has 1 fully saturated rings. The van der Waals surface area contributed by atoms with Gasteiger partial charge in [0.25, 0.3) is 0 Å². The van der Waals surface area contributed by atoms with Crippen molar-refractivity contribution in [2.45, 2.75) is 26.2 Å². The molecule has 0 aromatic carbocycles. The first kappa shape index (κ1) is 12.5. The third-order valence-corrected chi connectivity index (χ3v) is 2.87. The van der Waals surface area contributed by atoms with Gasteiger partial charge in [-0.05, 0) is 51.2 Å². The van der Waals surface area contributed by atoms with E-state index in [9.17, 15) is 4.79 Å². The summed E-state index contributed by atoms with van der Waals surface area (Å²) in [4.78, 5) is 11.3. The fourth-order valence-electron chi connectivity index (χ4n) is 2.20. The van der Waals surface area contributed by atoms with E-state index in [4.69, 9.17) is 10.5 Å². The van der Waals surface area contributed by atoms with Crippen LogP contribution in [0.25, 0.3) is 0 Å². The Balaban J connectivity index is 2.26. The van der Waals surface area contributed by atoms with E-state index in [0.717, 1.165) is 32.5 Å². The molecular weight excluding hydrogens is 192 g/mol. The molecule has 1 aliphatic rings. The summed E-state index contributed by atoms with van der Waals surface area (Å²) in [6.45, 7) is 5.02. The topological polar surface area (TPSA) is 64.3 Å². The molecule has 1 saturated heterocycles. The van der Waals surface area contributed by atoms with Gasteiger partial charge in [0, 0.05) is 6.42 Å². The predicted molar refractivity (Wildman–Crippen MR) is 59.4 cm³/mol. The molecule has 0 spiro atoms. The van der Waals surface area contributed by atoms with Crippen molar-refractivity contribution in [1.29, 1.82) is 0 Å². The summed E-state index contributed by atoms with van der Waals surface area (Å²) in [5.74, 6) is 0.982. The lowest BCUT2D eigenvalue weighted by atomic mass is 9.86. The third-order valence-electron chi connectivity index (χ3n) is 2.87. The lowest BCUT2D eigenvalue weighted by Crippen LogP contribution is -2.38. The van der Waals surface area contributed by atoms with Gasteiger partial charge in [0.1, 0.15) is 0 Å². The lowest BCUT2D eigenvalue weighted by molar-refractivity contribution is -0.144. The van der Waals surface area contributed by atoms with Gasteiger partial charge in [-0.3, -0.25) is 4.79 Å². The maximum absolute atomic E-state index is 11.3. The fourth-order valence-corrected chi connectivity index (χ4v) is 2.20. The van der Waals surface area contributed by atoms with Crippen LogP contribution in [0.3, 0.4) is 0 Å². The Kier molecular flexibility index (Phi) is 5.65. The van der Waals surface area contributed by atoms with Crippen molar-refractivity contribution >= 4 is 5.97 Å². The molecule has 4 nitrogen and oxygen atoms in total. The van der Waals surface area contributed by atoms with E-state index in [2.05, 4.69) is 5.32 Å². The van der Waals surface area contributed by atoms with Crippen LogP contribution in [-0.4, -0.2) is 32.2 Å². The van der Waals surface area contributed by atoms with Gasteiger partial charge in [-0.25, -0.2) is 0 Å². The Morgan fingerprint density at radius 2 is 2.20 bits per heavy atom. The molecule has 2 unspecified atom stereocenters. The molecule has 15 heavy (non-hydrogen) atoms. The summed E-state index contributed by atoms with van der Waals surface area (Å²) in [5, 5.41) is 3.35. The molecule has 0 aromatic rings. The molecule has 1 rings (SSSR count). The van der Waals surface area contributed by atoms with Crippen LogP contribution in [0.15, 0.2) is 0 Å². The van der Waals surface area contributed by atoms with E-state index >= 15 is 0 Å². The van der Waals surface area contributed by atoms with Crippen LogP contribution in [-0.2, 0) is 9.53 Å². The van der Waals surface area contributed by atoms with E-state index in [-0.39, 0.29) is 5.97 Å². The summed E-state index contributed by atoms with van der Waals surface area (Å²) in [6.07, 6.45) is 2.69. The number of piperidine rings is 1. The minimum atomic E-state index is -0.0716. The van der Waals surface area contributed by atoms with E-state index in [1.54, 1.807) is 0 Å². The van der Waals surface area contributed by atoms with Crippen molar-refractivity contribution in [2.24, 2.45) is 17.6 Å². The molecule has 3 N–H and O–H groups in total. The van der Waals surface area contributed by atoms with Crippen LogP contribution >= 0.6 is 0 Å². The van der Waals surface area contributed by atoms with Gasteiger partial charge in [0.2, 0.25) is 0 Å². The molecule has 88 valence electrons. The molecule has 4 heteroatoms. The molecular formula is C11H22N2O2. The Morgan fingerprint density at radius 1 is 1.47 bits per heavy atom. The van der Waals surface area contributed by atoms with E-state index in [1.165, 1.54) is 0 Å². The molecule has 1 aliphatic heterocycles. The van der Waals surface area contributed by atoms with Crippen molar-refractivity contribution in [3.8, 4) is 0 Å². The quantitative estimate of drug-likeness (QED) is 0.655. The van der Waals surface area contributed by atoms with Gasteiger partial charge in [0.15, 0.2) is 0 Å². The second-order valence-corrected chi connectivity index (χ2v) is 4.21. The van der Waals surface area contributed by atoms with Crippen LogP contribution in [0.5, 0.6) is 0 Å². The monoisotopic (exact) mass is 214 g/mol. The Morgan fingerprint density at radius 3 is 2.87 bits per heavy atom. The standard InChI is InChI=1S/C11H22N2O2/c1-2-15-11(14)6-10-5-9(3-4-12)7-13-8-10/h9-10,13H,2-8,12H2,1H3. The SMILES string of the molecule is CCOC(=O)CC1CNCC(CCN)C1. The molecule has 0 aliphatic carbocycles. The molecule has 0 radical (unpaired) electrons. The van der Waals surface area contributed by atoms with Crippen LogP contribution < -0.4 is 11.1 Å². The Bertz CT molecular complexity index is 195. The van der Waals surface area contributed by atoms with E-state index in [1.807, 2.05) is 6.92 Å². The summed E-state index contributed by atoms with van der Waals surface area (Å²) in [7, 11) is 0. The molecule has 2 atom stereocenters. The number of nitrogens with two attached hydrogens (primary N) is 1. The summed E-state index contributed by atoms with van der Waals surface area (Å²) in [6, 6.07) is 0. The minimum absolute atomic E-state index is 0.0716. The molecule has 0 amide bonds. The van der Waals surface area contributed by atoms with Gasteiger partial charge < -0.3 is 15.8 Å². The highest BCUT2D eigenvalue weighted by Gasteiger charge is 2.23. The second kappa shape index (κ2) is 6.80. The van der Waals surface area contributed by atoms with Crippen molar-refractivity contribution < 1.29 is 9.53 Å². The Labute approximate surface area is 91.5 Å². The number of esters is 1. The van der Waals surface area contributed by atoms with Crippen LogP contribution in [0.1, 0.15) is 26.2 Å². The number of hydrogen-bond donors (Lipinski definition) is 2. The van der Waals surface area contributed by atoms with E-state index < -0.39 is 0 Å². The van der Waals surface area contributed by atoms with Crippen molar-refractivity contribution in [1.82, 2.24) is 5.32 Å². The first-order valence-electron chi connectivity index (χ1n) is 5.82. The minimum Gasteiger partial charge on any atom is -0.466 e. The van der Waals surface area contributed by atoms with Crippen molar-refractivity contribution in [3.63, 3.8) is 0 Å². The van der Waals surface area contributed by atoms with Crippen LogP contribution in [0.4, 0.5) is 0 Å². The van der Waals surface area contributed by atoms with Crippen molar-refractivity contribution in [3.05, 3.63) is 0 Å². The second-order valence-electron chi connectivity index (χ2n) is 4.21. The van der Waals surface area contributed by atoms with Gasteiger partial charge in [0.05, 0.1) is 6.61 Å². The highest BCUT2D eigenvalue weighted by atomic mass is 16.5. The van der Waals surface area contributed by atoms with Gasteiger partial charge in [-0.2, -0.15) is 0 Å². The predicted octanol–water partition coefficient (Wildman–Crippen LogP) is 0.514. The zero-order valence-electron chi connectivity index (χ0n) is 9.50. The zero-order valence-corrected chi connectivity index (χ0v) is 9.50. The molecule has 0 saturated carbocycles. The number of carbonyl (C=O) groups is 1. The number of carbonyl (C=O) groups excluding carboxylic acids is 1. The largest absolute Gasteiger partial charge is 0.466 e. The molecule has 1 heterocycles. The maximum Gasteiger partial charge on any atom is 0.306 e. The number of rotatable bonds is 5. The number of nitrogens with one attached hydrogen (secondary N) is 1. The third kappa shape index (κ3) is 4.62. The lowest BCUT2D eigenvalue weighted by Gasteiger charge is -2.29. The Hall–Kier alpha value is -0.610. The average molecular weight is 214 g/mol. The van der Waals surface area contributed by atoms with Gasteiger partial charge in [-0.15, -0.1) is 0 Å². The number of hydrogen-bond acceptors (Lipinski definition) is 4. The van der Waals surface area contributed by atoms with Crippen LogP contribution in [0.2, 0.25) is 0 Å². The average Bonchev–Trinajstić information content (AvgIpc) is 2.19. The first-order valence-corrected chi connectivity index (χ1v) is 5.82. The van der Waals surface area contributed by atoms with Gasteiger partial charge >= 0.3 is 5.97 Å². The maximum atomic E-state index is 11.3. The summed E-state index contributed by atoms with van der Waals surface area (Å²) in [5.41, 5.74) is 5.53. The highest BCUT2D eigenvalue weighted by molar-refractivity contribution is 5.69. The van der Waals surface area contributed by atoms with Gasteiger partial charge in [-0.1, -0.05) is 0 Å². The normalized spacial score (nSPS) is 26.3. The van der Waals surface area contributed by atoms with Crippen LogP contribution in [0, 0.1) is 11.8 Å².